The summed E-state index contributed by atoms with van der Waals surface area (Å²) in [5.74, 6) is -0.447. The van der Waals surface area contributed by atoms with Crippen LogP contribution in [0.1, 0.15) is 31.2 Å². The summed E-state index contributed by atoms with van der Waals surface area (Å²) >= 11 is 1.53. The Bertz CT molecular complexity index is 672. The van der Waals surface area contributed by atoms with Crippen molar-refractivity contribution >= 4 is 28.8 Å². The van der Waals surface area contributed by atoms with E-state index in [1.165, 1.54) is 16.2 Å². The Balaban J connectivity index is 2.16. The summed E-state index contributed by atoms with van der Waals surface area (Å²) < 4.78 is 0. The van der Waals surface area contributed by atoms with Gasteiger partial charge < -0.3 is 0 Å². The Morgan fingerprint density at radius 2 is 1.72 bits per heavy atom. The SMILES string of the molecule is Cc1ccc2c(c1)C(=O)N(c1ccsc1C)C2=O. The van der Waals surface area contributed by atoms with Crippen LogP contribution in [0.5, 0.6) is 0 Å². The van der Waals surface area contributed by atoms with Crippen LogP contribution in [0.15, 0.2) is 29.6 Å². The van der Waals surface area contributed by atoms with Crippen molar-refractivity contribution in [3.8, 4) is 0 Å². The van der Waals surface area contributed by atoms with Crippen molar-refractivity contribution in [1.29, 1.82) is 0 Å². The van der Waals surface area contributed by atoms with Gasteiger partial charge in [0.25, 0.3) is 11.8 Å². The maximum absolute atomic E-state index is 12.3. The minimum Gasteiger partial charge on any atom is -0.268 e. The van der Waals surface area contributed by atoms with E-state index in [2.05, 4.69) is 0 Å². The smallest absolute Gasteiger partial charge is 0.266 e. The lowest BCUT2D eigenvalue weighted by atomic mass is 10.1. The minimum atomic E-state index is -0.225. The Morgan fingerprint density at radius 3 is 2.39 bits per heavy atom. The molecule has 0 radical (unpaired) electrons. The average molecular weight is 257 g/mol. The average Bonchev–Trinajstić information content (AvgIpc) is 2.84. The second kappa shape index (κ2) is 3.78. The molecule has 4 heteroatoms. The van der Waals surface area contributed by atoms with Gasteiger partial charge in [0.2, 0.25) is 0 Å². The van der Waals surface area contributed by atoms with Crippen LogP contribution in [0.2, 0.25) is 0 Å². The molecule has 0 aliphatic carbocycles. The molecule has 0 spiro atoms. The van der Waals surface area contributed by atoms with Gasteiger partial charge in [-0.05, 0) is 37.4 Å². The summed E-state index contributed by atoms with van der Waals surface area (Å²) in [5.41, 5.74) is 2.68. The lowest BCUT2D eigenvalue weighted by Crippen LogP contribution is -2.29. The number of carbonyl (C=O) groups is 2. The first-order chi connectivity index (χ1) is 8.59. The Morgan fingerprint density at radius 1 is 1.00 bits per heavy atom. The van der Waals surface area contributed by atoms with Gasteiger partial charge in [-0.1, -0.05) is 11.6 Å². The number of fused-ring (bicyclic) bond motifs is 1. The number of benzene rings is 1. The van der Waals surface area contributed by atoms with E-state index >= 15 is 0 Å². The monoisotopic (exact) mass is 257 g/mol. The molecule has 2 heterocycles. The number of hydrogen-bond acceptors (Lipinski definition) is 3. The third kappa shape index (κ3) is 1.42. The predicted molar refractivity (Wildman–Crippen MR) is 71.4 cm³/mol. The zero-order valence-electron chi connectivity index (χ0n) is 10.1. The van der Waals surface area contributed by atoms with Gasteiger partial charge in [-0.15, -0.1) is 11.3 Å². The van der Waals surface area contributed by atoms with Crippen molar-refractivity contribution in [2.75, 3.05) is 4.90 Å². The molecular weight excluding hydrogens is 246 g/mol. The predicted octanol–water partition coefficient (Wildman–Crippen LogP) is 3.17. The van der Waals surface area contributed by atoms with E-state index in [1.807, 2.05) is 31.4 Å². The summed E-state index contributed by atoms with van der Waals surface area (Å²) in [4.78, 5) is 26.8. The van der Waals surface area contributed by atoms with Crippen molar-refractivity contribution in [2.45, 2.75) is 13.8 Å². The van der Waals surface area contributed by atoms with Crippen LogP contribution in [0, 0.1) is 13.8 Å². The minimum absolute atomic E-state index is 0.222. The Labute approximate surface area is 109 Å². The van der Waals surface area contributed by atoms with Crippen LogP contribution in [0.25, 0.3) is 0 Å². The summed E-state index contributed by atoms with van der Waals surface area (Å²) in [5, 5.41) is 1.89. The van der Waals surface area contributed by atoms with Crippen molar-refractivity contribution in [2.24, 2.45) is 0 Å². The fraction of sp³-hybridized carbons (Fsp3) is 0.143. The maximum Gasteiger partial charge on any atom is 0.266 e. The van der Waals surface area contributed by atoms with Gasteiger partial charge in [-0.2, -0.15) is 0 Å². The summed E-state index contributed by atoms with van der Waals surface area (Å²) in [6.45, 7) is 3.82. The first-order valence-electron chi connectivity index (χ1n) is 5.63. The first kappa shape index (κ1) is 11.2. The van der Waals surface area contributed by atoms with Gasteiger partial charge in [0.1, 0.15) is 0 Å². The zero-order chi connectivity index (χ0) is 12.9. The van der Waals surface area contributed by atoms with Crippen LogP contribution >= 0.6 is 11.3 Å². The molecule has 0 atom stereocenters. The van der Waals surface area contributed by atoms with Crippen LogP contribution in [-0.2, 0) is 0 Å². The molecule has 0 saturated carbocycles. The van der Waals surface area contributed by atoms with E-state index in [0.717, 1.165) is 10.4 Å². The van der Waals surface area contributed by atoms with Crippen LogP contribution < -0.4 is 4.90 Å². The van der Waals surface area contributed by atoms with E-state index in [0.29, 0.717) is 16.8 Å². The highest BCUT2D eigenvalue weighted by molar-refractivity contribution is 7.10. The molecule has 1 aromatic carbocycles. The molecule has 0 bridgehead atoms. The van der Waals surface area contributed by atoms with E-state index in [4.69, 9.17) is 0 Å². The first-order valence-corrected chi connectivity index (χ1v) is 6.51. The highest BCUT2D eigenvalue weighted by atomic mass is 32.1. The molecule has 0 unspecified atom stereocenters. The van der Waals surface area contributed by atoms with Crippen molar-refractivity contribution in [3.63, 3.8) is 0 Å². The molecule has 1 aliphatic heterocycles. The third-order valence-electron chi connectivity index (χ3n) is 3.11. The molecule has 3 rings (SSSR count). The lowest BCUT2D eigenvalue weighted by molar-refractivity contribution is 0.0926. The third-order valence-corrected chi connectivity index (χ3v) is 3.95. The number of aryl methyl sites for hydroxylation is 2. The second-order valence-electron chi connectivity index (χ2n) is 4.36. The second-order valence-corrected chi connectivity index (χ2v) is 5.48. The van der Waals surface area contributed by atoms with E-state index in [9.17, 15) is 9.59 Å². The fourth-order valence-corrected chi connectivity index (χ4v) is 2.86. The molecular formula is C14H11NO2S. The fourth-order valence-electron chi connectivity index (χ4n) is 2.18. The number of rotatable bonds is 1. The van der Waals surface area contributed by atoms with Gasteiger partial charge in [-0.3, -0.25) is 9.59 Å². The van der Waals surface area contributed by atoms with Gasteiger partial charge in [0, 0.05) is 4.88 Å². The normalized spacial score (nSPS) is 14.2. The molecule has 1 aliphatic rings. The lowest BCUT2D eigenvalue weighted by Gasteiger charge is -2.12. The number of nitrogens with zero attached hydrogens (tertiary/aromatic N) is 1. The zero-order valence-corrected chi connectivity index (χ0v) is 10.9. The Kier molecular flexibility index (Phi) is 2.35. The highest BCUT2D eigenvalue weighted by Crippen LogP contribution is 2.33. The number of thiophene rings is 1. The van der Waals surface area contributed by atoms with E-state index < -0.39 is 0 Å². The van der Waals surface area contributed by atoms with E-state index in [-0.39, 0.29) is 11.8 Å². The van der Waals surface area contributed by atoms with Crippen molar-refractivity contribution in [1.82, 2.24) is 0 Å². The largest absolute Gasteiger partial charge is 0.268 e. The molecule has 0 fully saturated rings. The van der Waals surface area contributed by atoms with Crippen LogP contribution in [0.4, 0.5) is 5.69 Å². The number of amides is 2. The summed E-state index contributed by atoms with van der Waals surface area (Å²) in [7, 11) is 0. The van der Waals surface area contributed by atoms with Gasteiger partial charge in [0.15, 0.2) is 0 Å². The quantitative estimate of drug-likeness (QED) is 0.736. The molecule has 3 nitrogen and oxygen atoms in total. The summed E-state index contributed by atoms with van der Waals surface area (Å²) in [6.07, 6.45) is 0. The molecule has 2 aromatic rings. The number of imide groups is 1. The van der Waals surface area contributed by atoms with Gasteiger partial charge in [-0.25, -0.2) is 4.90 Å². The number of hydrogen-bond donors (Lipinski definition) is 0. The topological polar surface area (TPSA) is 37.4 Å². The van der Waals surface area contributed by atoms with Gasteiger partial charge in [0.05, 0.1) is 16.8 Å². The molecule has 90 valence electrons. The molecule has 0 N–H and O–H groups in total. The highest BCUT2D eigenvalue weighted by Gasteiger charge is 2.37. The summed E-state index contributed by atoms with van der Waals surface area (Å²) in [6, 6.07) is 7.17. The van der Waals surface area contributed by atoms with E-state index in [1.54, 1.807) is 12.1 Å². The molecule has 18 heavy (non-hydrogen) atoms. The molecule has 1 aromatic heterocycles. The van der Waals surface area contributed by atoms with Crippen LogP contribution in [-0.4, -0.2) is 11.8 Å². The van der Waals surface area contributed by atoms with Crippen molar-refractivity contribution < 1.29 is 9.59 Å². The van der Waals surface area contributed by atoms with Gasteiger partial charge >= 0.3 is 0 Å². The number of carbonyl (C=O) groups excluding carboxylic acids is 2. The standard InChI is InChI=1S/C14H11NO2S/c1-8-3-4-10-11(7-8)14(17)15(13(10)16)12-5-6-18-9(12)2/h3-7H,1-2H3. The molecule has 0 saturated heterocycles. The molecule has 2 amide bonds. The van der Waals surface area contributed by atoms with Crippen molar-refractivity contribution in [3.05, 3.63) is 51.2 Å². The Hall–Kier alpha value is -1.94. The maximum atomic E-state index is 12.3. The number of anilines is 1. The van der Waals surface area contributed by atoms with Crippen LogP contribution in [0.3, 0.4) is 0 Å².